The summed E-state index contributed by atoms with van der Waals surface area (Å²) in [5.41, 5.74) is -0.373. The van der Waals surface area contributed by atoms with Gasteiger partial charge in [0.2, 0.25) is 15.8 Å². The second-order valence-corrected chi connectivity index (χ2v) is 7.82. The molecule has 0 bridgehead atoms. The molecule has 2 heterocycles. The smallest absolute Gasteiger partial charge is 0.449 e. The molecule has 0 aliphatic heterocycles. The molecule has 146 valence electrons. The number of ether oxygens (including phenoxy) is 1. The standard InChI is InChI=1S/C18H12N4O6S/c23-16-14-7-6-13(29(26,27)12-4-2-1-3-5-12)8-15(14)20-17(21-16)22-10-11(9-19-22)28-18(24)25/h1-10H,(H,24,25)(H,20,21,23). The first-order chi connectivity index (χ1) is 13.8. The van der Waals surface area contributed by atoms with Crippen molar-refractivity contribution >= 4 is 26.9 Å². The van der Waals surface area contributed by atoms with Crippen molar-refractivity contribution in [3.8, 4) is 11.7 Å². The van der Waals surface area contributed by atoms with Gasteiger partial charge >= 0.3 is 6.16 Å². The Morgan fingerprint density at radius 2 is 1.86 bits per heavy atom. The van der Waals surface area contributed by atoms with Gasteiger partial charge in [0, 0.05) is 0 Å². The summed E-state index contributed by atoms with van der Waals surface area (Å²) < 4.78 is 31.2. The lowest BCUT2D eigenvalue weighted by Gasteiger charge is -2.07. The molecule has 0 saturated heterocycles. The fraction of sp³-hybridized carbons (Fsp3) is 0. The van der Waals surface area contributed by atoms with E-state index in [2.05, 4.69) is 19.8 Å². The number of fused-ring (bicyclic) bond motifs is 1. The summed E-state index contributed by atoms with van der Waals surface area (Å²) in [6.07, 6.45) is 0.831. The van der Waals surface area contributed by atoms with Gasteiger partial charge in [0.15, 0.2) is 5.75 Å². The molecule has 0 amide bonds. The largest absolute Gasteiger partial charge is 0.511 e. The van der Waals surface area contributed by atoms with Gasteiger partial charge in [-0.15, -0.1) is 0 Å². The van der Waals surface area contributed by atoms with Crippen LogP contribution in [-0.4, -0.2) is 39.4 Å². The monoisotopic (exact) mass is 412 g/mol. The number of aromatic amines is 1. The van der Waals surface area contributed by atoms with Crippen molar-refractivity contribution in [2.45, 2.75) is 9.79 Å². The van der Waals surface area contributed by atoms with Crippen LogP contribution in [0.4, 0.5) is 4.79 Å². The SMILES string of the molecule is O=C(O)Oc1cnn(-c2nc3cc(S(=O)(=O)c4ccccc4)ccc3c(=O)[nH]2)c1. The quantitative estimate of drug-likeness (QED) is 0.484. The zero-order valence-corrected chi connectivity index (χ0v) is 15.3. The van der Waals surface area contributed by atoms with E-state index in [0.29, 0.717) is 0 Å². The molecule has 0 atom stereocenters. The van der Waals surface area contributed by atoms with Crippen molar-refractivity contribution in [3.63, 3.8) is 0 Å². The molecule has 0 aliphatic rings. The molecule has 0 spiro atoms. The molecular formula is C18H12N4O6S. The number of hydrogen-bond acceptors (Lipinski definition) is 7. The number of sulfone groups is 1. The maximum absolute atomic E-state index is 12.8. The highest BCUT2D eigenvalue weighted by molar-refractivity contribution is 7.91. The summed E-state index contributed by atoms with van der Waals surface area (Å²) in [6.45, 7) is 0. The molecule has 2 aromatic heterocycles. The number of aromatic nitrogens is 4. The van der Waals surface area contributed by atoms with E-state index in [-0.39, 0.29) is 32.4 Å². The molecule has 29 heavy (non-hydrogen) atoms. The van der Waals surface area contributed by atoms with Gasteiger partial charge < -0.3 is 9.84 Å². The Morgan fingerprint density at radius 1 is 1.10 bits per heavy atom. The minimum absolute atomic E-state index is 0.0179. The van der Waals surface area contributed by atoms with Crippen LogP contribution in [0.1, 0.15) is 0 Å². The van der Waals surface area contributed by atoms with Gasteiger partial charge in [-0.1, -0.05) is 18.2 Å². The topological polar surface area (TPSA) is 144 Å². The van der Waals surface area contributed by atoms with E-state index in [0.717, 1.165) is 10.9 Å². The fourth-order valence-electron chi connectivity index (χ4n) is 2.69. The van der Waals surface area contributed by atoms with Gasteiger partial charge in [0.05, 0.1) is 33.1 Å². The lowest BCUT2D eigenvalue weighted by molar-refractivity contribution is 0.144. The maximum Gasteiger partial charge on any atom is 0.511 e. The molecule has 2 N–H and O–H groups in total. The summed E-state index contributed by atoms with van der Waals surface area (Å²) in [7, 11) is -3.79. The molecule has 0 unspecified atom stereocenters. The van der Waals surface area contributed by atoms with Crippen molar-refractivity contribution in [2.24, 2.45) is 0 Å². The highest BCUT2D eigenvalue weighted by Crippen LogP contribution is 2.23. The number of nitrogens with one attached hydrogen (secondary N) is 1. The first-order valence-electron chi connectivity index (χ1n) is 8.14. The summed E-state index contributed by atoms with van der Waals surface area (Å²) >= 11 is 0. The van der Waals surface area contributed by atoms with Crippen molar-refractivity contribution in [3.05, 3.63) is 71.3 Å². The van der Waals surface area contributed by atoms with Gasteiger partial charge in [-0.25, -0.2) is 22.9 Å². The molecule has 10 nitrogen and oxygen atoms in total. The number of hydrogen-bond donors (Lipinski definition) is 2. The number of carbonyl (C=O) groups is 1. The minimum atomic E-state index is -3.79. The lowest BCUT2D eigenvalue weighted by atomic mass is 10.2. The third-order valence-electron chi connectivity index (χ3n) is 4.01. The summed E-state index contributed by atoms with van der Waals surface area (Å²) in [4.78, 5) is 29.8. The van der Waals surface area contributed by atoms with Crippen LogP contribution in [0.15, 0.2) is 75.5 Å². The van der Waals surface area contributed by atoms with Crippen molar-refractivity contribution in [1.82, 2.24) is 19.7 Å². The van der Waals surface area contributed by atoms with Crippen LogP contribution in [0.25, 0.3) is 16.9 Å². The van der Waals surface area contributed by atoms with Crippen LogP contribution in [-0.2, 0) is 9.84 Å². The third-order valence-corrected chi connectivity index (χ3v) is 5.78. The fourth-order valence-corrected chi connectivity index (χ4v) is 4.00. The second-order valence-electron chi connectivity index (χ2n) is 5.87. The molecule has 4 rings (SSSR count). The van der Waals surface area contributed by atoms with Crippen LogP contribution in [0.2, 0.25) is 0 Å². The normalized spacial score (nSPS) is 11.4. The molecule has 11 heteroatoms. The summed E-state index contributed by atoms with van der Waals surface area (Å²) in [5.74, 6) is -0.0994. The molecule has 0 aliphatic carbocycles. The number of nitrogens with zero attached hydrogens (tertiary/aromatic N) is 3. The van der Waals surface area contributed by atoms with E-state index in [9.17, 15) is 18.0 Å². The Bertz CT molecular complexity index is 1390. The molecule has 2 aromatic carbocycles. The number of carboxylic acid groups (broad SMARTS) is 1. The van der Waals surface area contributed by atoms with Gasteiger partial charge in [-0.05, 0) is 30.3 Å². The zero-order valence-electron chi connectivity index (χ0n) is 14.5. The van der Waals surface area contributed by atoms with E-state index in [1.165, 1.54) is 36.5 Å². The van der Waals surface area contributed by atoms with E-state index in [1.54, 1.807) is 18.2 Å². The van der Waals surface area contributed by atoms with E-state index in [4.69, 9.17) is 5.11 Å². The predicted octanol–water partition coefficient (Wildman–Crippen LogP) is 2.00. The Balaban J connectivity index is 1.82. The number of H-pyrrole nitrogens is 1. The Hall–Kier alpha value is -3.99. The van der Waals surface area contributed by atoms with Gasteiger partial charge in [0.1, 0.15) is 0 Å². The van der Waals surface area contributed by atoms with Crippen LogP contribution >= 0.6 is 0 Å². The van der Waals surface area contributed by atoms with Gasteiger partial charge in [0.25, 0.3) is 5.56 Å². The number of benzene rings is 2. The molecule has 0 fully saturated rings. The molecular weight excluding hydrogens is 400 g/mol. The van der Waals surface area contributed by atoms with Crippen molar-refractivity contribution in [1.29, 1.82) is 0 Å². The Kier molecular flexibility index (Phi) is 4.35. The van der Waals surface area contributed by atoms with Crippen molar-refractivity contribution < 1.29 is 23.1 Å². The summed E-state index contributed by atoms with van der Waals surface area (Å²) in [5, 5.41) is 12.7. The molecule has 0 saturated carbocycles. The maximum atomic E-state index is 12.8. The van der Waals surface area contributed by atoms with Gasteiger partial charge in [-0.2, -0.15) is 5.10 Å². The first kappa shape index (κ1) is 18.4. The predicted molar refractivity (Wildman–Crippen MR) is 100 cm³/mol. The molecule has 0 radical (unpaired) electrons. The van der Waals surface area contributed by atoms with E-state index in [1.807, 2.05) is 0 Å². The third kappa shape index (κ3) is 3.46. The van der Waals surface area contributed by atoms with E-state index < -0.39 is 21.6 Å². The zero-order chi connectivity index (χ0) is 20.6. The Morgan fingerprint density at radius 3 is 2.59 bits per heavy atom. The summed E-state index contributed by atoms with van der Waals surface area (Å²) in [6, 6.07) is 11.9. The van der Waals surface area contributed by atoms with Crippen LogP contribution in [0.5, 0.6) is 5.75 Å². The van der Waals surface area contributed by atoms with Crippen LogP contribution < -0.4 is 10.3 Å². The number of rotatable bonds is 4. The second kappa shape index (κ2) is 6.87. The highest BCUT2D eigenvalue weighted by Gasteiger charge is 2.19. The van der Waals surface area contributed by atoms with Crippen LogP contribution in [0, 0.1) is 0 Å². The van der Waals surface area contributed by atoms with Crippen molar-refractivity contribution in [2.75, 3.05) is 0 Å². The first-order valence-corrected chi connectivity index (χ1v) is 9.63. The average molecular weight is 412 g/mol. The van der Waals surface area contributed by atoms with Crippen LogP contribution in [0.3, 0.4) is 0 Å². The van der Waals surface area contributed by atoms with Gasteiger partial charge in [-0.3, -0.25) is 9.78 Å². The lowest BCUT2D eigenvalue weighted by Crippen LogP contribution is -2.14. The minimum Gasteiger partial charge on any atom is -0.449 e. The average Bonchev–Trinajstić information content (AvgIpc) is 3.16. The molecule has 4 aromatic rings. The Labute approximate surface area is 162 Å². The highest BCUT2D eigenvalue weighted by atomic mass is 32.2. The van der Waals surface area contributed by atoms with E-state index >= 15 is 0 Å².